The van der Waals surface area contributed by atoms with E-state index >= 15 is 0 Å². The minimum absolute atomic E-state index is 0.152. The van der Waals surface area contributed by atoms with Gasteiger partial charge in [0.2, 0.25) is 0 Å². The van der Waals surface area contributed by atoms with Crippen LogP contribution in [0.3, 0.4) is 0 Å². The Morgan fingerprint density at radius 2 is 1.88 bits per heavy atom. The Morgan fingerprint density at radius 3 is 2.42 bits per heavy atom. The number of rotatable bonds is 4. The van der Waals surface area contributed by atoms with Crippen molar-refractivity contribution >= 4 is 5.91 Å². The monoisotopic (exact) mass is 324 g/mol. The minimum Gasteiger partial charge on any atom is -0.347 e. The summed E-state index contributed by atoms with van der Waals surface area (Å²) >= 11 is 0. The maximum absolute atomic E-state index is 12.2. The summed E-state index contributed by atoms with van der Waals surface area (Å²) < 4.78 is 3.38. The molecule has 0 spiro atoms. The molecule has 0 aromatic carbocycles. The molecular formula is C17H20N6O. The van der Waals surface area contributed by atoms with Crippen molar-refractivity contribution in [2.45, 2.75) is 27.3 Å². The fourth-order valence-electron chi connectivity index (χ4n) is 2.60. The molecule has 7 heteroatoms. The molecule has 24 heavy (non-hydrogen) atoms. The lowest BCUT2D eigenvalue weighted by molar-refractivity contribution is 0.0941. The van der Waals surface area contributed by atoms with Gasteiger partial charge in [-0.2, -0.15) is 10.2 Å². The summed E-state index contributed by atoms with van der Waals surface area (Å²) in [5, 5.41) is 11.5. The number of carbonyl (C=O) groups is 1. The van der Waals surface area contributed by atoms with Gasteiger partial charge in [-0.15, -0.1) is 0 Å². The Morgan fingerprint density at radius 1 is 1.12 bits per heavy atom. The van der Waals surface area contributed by atoms with E-state index in [0.29, 0.717) is 12.2 Å². The summed E-state index contributed by atoms with van der Waals surface area (Å²) in [5.74, 6) is 0.610. The first-order valence-corrected chi connectivity index (χ1v) is 7.71. The number of aryl methyl sites for hydroxylation is 4. The first-order valence-electron chi connectivity index (χ1n) is 7.71. The number of hydrogen-bond donors (Lipinski definition) is 1. The molecule has 0 radical (unpaired) electrons. The molecule has 0 unspecified atom stereocenters. The van der Waals surface area contributed by atoms with Gasteiger partial charge in [0.1, 0.15) is 5.69 Å². The Balaban J connectivity index is 1.67. The highest BCUT2D eigenvalue weighted by atomic mass is 16.2. The number of nitrogens with zero attached hydrogens (tertiary/aromatic N) is 5. The number of aromatic nitrogens is 5. The van der Waals surface area contributed by atoms with Gasteiger partial charge in [0, 0.05) is 25.5 Å². The third kappa shape index (κ3) is 3.19. The lowest BCUT2D eigenvalue weighted by Gasteiger charge is -2.07. The van der Waals surface area contributed by atoms with Crippen LogP contribution in [0.25, 0.3) is 5.82 Å². The molecule has 124 valence electrons. The summed E-state index contributed by atoms with van der Waals surface area (Å²) in [6.07, 6.45) is 1.75. The van der Waals surface area contributed by atoms with Crippen molar-refractivity contribution < 1.29 is 4.79 Å². The highest BCUT2D eigenvalue weighted by molar-refractivity contribution is 5.92. The number of pyridine rings is 1. The van der Waals surface area contributed by atoms with Crippen LogP contribution < -0.4 is 5.32 Å². The molecule has 0 bridgehead atoms. The fourth-order valence-corrected chi connectivity index (χ4v) is 2.60. The number of hydrogen-bond acceptors (Lipinski definition) is 4. The second-order valence-electron chi connectivity index (χ2n) is 5.84. The Bertz CT molecular complexity index is 875. The summed E-state index contributed by atoms with van der Waals surface area (Å²) in [5.41, 5.74) is 4.27. The Labute approximate surface area is 140 Å². The van der Waals surface area contributed by atoms with Crippen LogP contribution in [-0.2, 0) is 13.6 Å². The molecule has 7 nitrogen and oxygen atoms in total. The molecule has 0 saturated heterocycles. The summed E-state index contributed by atoms with van der Waals surface area (Å²) in [6.45, 7) is 6.21. The molecule has 0 fully saturated rings. The molecule has 0 aliphatic heterocycles. The van der Waals surface area contributed by atoms with Gasteiger partial charge in [-0.05, 0) is 44.5 Å². The van der Waals surface area contributed by atoms with Crippen molar-refractivity contribution in [3.05, 3.63) is 58.8 Å². The van der Waals surface area contributed by atoms with Crippen molar-refractivity contribution in [3.63, 3.8) is 0 Å². The molecule has 3 rings (SSSR count). The maximum atomic E-state index is 12.2. The summed E-state index contributed by atoms with van der Waals surface area (Å²) in [6, 6.07) is 7.61. The van der Waals surface area contributed by atoms with Crippen LogP contribution in [-0.4, -0.2) is 30.5 Å². The van der Waals surface area contributed by atoms with Crippen molar-refractivity contribution in [1.29, 1.82) is 0 Å². The Kier molecular flexibility index (Phi) is 4.16. The average molecular weight is 324 g/mol. The minimum atomic E-state index is -0.152. The summed E-state index contributed by atoms with van der Waals surface area (Å²) in [4.78, 5) is 16.6. The van der Waals surface area contributed by atoms with E-state index in [1.54, 1.807) is 28.7 Å². The van der Waals surface area contributed by atoms with E-state index in [1.807, 2.05) is 39.0 Å². The van der Waals surface area contributed by atoms with Gasteiger partial charge in [-0.25, -0.2) is 9.67 Å². The van der Waals surface area contributed by atoms with Crippen LogP contribution in [0.4, 0.5) is 0 Å². The van der Waals surface area contributed by atoms with Crippen LogP contribution in [0, 0.1) is 20.8 Å². The summed E-state index contributed by atoms with van der Waals surface area (Å²) in [7, 11) is 1.76. The van der Waals surface area contributed by atoms with Crippen LogP contribution in [0.2, 0.25) is 0 Å². The lowest BCUT2D eigenvalue weighted by Crippen LogP contribution is -2.25. The van der Waals surface area contributed by atoms with Gasteiger partial charge in [0.15, 0.2) is 5.82 Å². The molecule has 0 saturated carbocycles. The zero-order valence-electron chi connectivity index (χ0n) is 14.2. The van der Waals surface area contributed by atoms with Gasteiger partial charge in [0.05, 0.1) is 11.4 Å². The smallest absolute Gasteiger partial charge is 0.269 e. The number of nitrogens with one attached hydrogen (secondary N) is 1. The Hall–Kier alpha value is -2.96. The molecule has 0 aliphatic rings. The van der Waals surface area contributed by atoms with Crippen molar-refractivity contribution in [1.82, 2.24) is 29.9 Å². The first-order chi connectivity index (χ1) is 11.4. The van der Waals surface area contributed by atoms with Crippen molar-refractivity contribution in [3.8, 4) is 5.82 Å². The van der Waals surface area contributed by atoms with Crippen LogP contribution >= 0.6 is 0 Å². The predicted octanol–water partition coefficient (Wildman–Crippen LogP) is 1.86. The molecule has 1 amide bonds. The molecule has 3 aromatic heterocycles. The van der Waals surface area contributed by atoms with Crippen molar-refractivity contribution in [2.24, 2.45) is 7.05 Å². The molecule has 1 N–H and O–H groups in total. The third-order valence-corrected chi connectivity index (χ3v) is 3.72. The van der Waals surface area contributed by atoms with E-state index < -0.39 is 0 Å². The number of amides is 1. The lowest BCUT2D eigenvalue weighted by atomic mass is 10.2. The third-order valence-electron chi connectivity index (χ3n) is 3.72. The van der Waals surface area contributed by atoms with Gasteiger partial charge in [-0.3, -0.25) is 9.48 Å². The van der Waals surface area contributed by atoms with E-state index in [4.69, 9.17) is 0 Å². The van der Waals surface area contributed by atoms with Gasteiger partial charge >= 0.3 is 0 Å². The van der Waals surface area contributed by atoms with Crippen molar-refractivity contribution in [2.75, 3.05) is 0 Å². The zero-order chi connectivity index (χ0) is 17.3. The van der Waals surface area contributed by atoms with Crippen LogP contribution in [0.5, 0.6) is 0 Å². The van der Waals surface area contributed by atoms with Gasteiger partial charge < -0.3 is 5.32 Å². The normalized spacial score (nSPS) is 10.8. The SMILES string of the molecule is Cc1cc(C(=O)NCc2ccc(-n3nc(C)cc3C)nc2)n(C)n1. The van der Waals surface area contributed by atoms with Gasteiger partial charge in [0.25, 0.3) is 5.91 Å². The van der Waals surface area contributed by atoms with E-state index in [0.717, 1.165) is 28.5 Å². The van der Waals surface area contributed by atoms with E-state index in [1.165, 1.54) is 0 Å². The molecule has 3 heterocycles. The molecule has 3 aromatic rings. The average Bonchev–Trinajstić information content (AvgIpc) is 3.06. The fraction of sp³-hybridized carbons (Fsp3) is 0.294. The molecular weight excluding hydrogens is 304 g/mol. The first kappa shape index (κ1) is 15.9. The highest BCUT2D eigenvalue weighted by Crippen LogP contribution is 2.10. The van der Waals surface area contributed by atoms with E-state index in [-0.39, 0.29) is 5.91 Å². The van der Waals surface area contributed by atoms with E-state index in [2.05, 4.69) is 20.5 Å². The maximum Gasteiger partial charge on any atom is 0.269 e. The predicted molar refractivity (Wildman–Crippen MR) is 89.9 cm³/mol. The van der Waals surface area contributed by atoms with E-state index in [9.17, 15) is 4.79 Å². The molecule has 0 atom stereocenters. The molecule has 0 aliphatic carbocycles. The van der Waals surface area contributed by atoms with Crippen LogP contribution in [0.1, 0.15) is 33.1 Å². The second kappa shape index (κ2) is 6.27. The highest BCUT2D eigenvalue weighted by Gasteiger charge is 2.11. The number of carbonyl (C=O) groups excluding carboxylic acids is 1. The topological polar surface area (TPSA) is 77.6 Å². The second-order valence-corrected chi connectivity index (χ2v) is 5.84. The zero-order valence-corrected chi connectivity index (χ0v) is 14.2. The van der Waals surface area contributed by atoms with Crippen LogP contribution in [0.15, 0.2) is 30.5 Å². The largest absolute Gasteiger partial charge is 0.347 e. The quantitative estimate of drug-likeness (QED) is 0.794. The van der Waals surface area contributed by atoms with Gasteiger partial charge in [-0.1, -0.05) is 6.07 Å². The standard InChI is InChI=1S/C17H20N6O/c1-11-7-13(3)23(21-11)16-6-5-14(9-18-16)10-19-17(24)15-8-12(2)20-22(15)4/h5-9H,10H2,1-4H3,(H,19,24).